The van der Waals surface area contributed by atoms with Gasteiger partial charge in [-0.25, -0.2) is 9.97 Å². The third-order valence-electron chi connectivity index (χ3n) is 5.86. The fourth-order valence-corrected chi connectivity index (χ4v) is 4.97. The van der Waals surface area contributed by atoms with Crippen LogP contribution in [0.3, 0.4) is 0 Å². The molecule has 0 radical (unpaired) electrons. The lowest BCUT2D eigenvalue weighted by atomic mass is 10.1. The molecule has 146 valence electrons. The molecule has 7 heteroatoms. The molecule has 0 bridgehead atoms. The minimum Gasteiger partial charge on any atom is -0.355 e. The van der Waals surface area contributed by atoms with Gasteiger partial charge in [0.2, 0.25) is 0 Å². The number of nitrogens with zero attached hydrogens (tertiary/aromatic N) is 6. The Hall–Kier alpha value is -2.95. The normalized spacial score (nSPS) is 16.4. The quantitative estimate of drug-likeness (QED) is 0.518. The van der Waals surface area contributed by atoms with E-state index in [9.17, 15) is 5.26 Å². The molecule has 0 spiro atoms. The van der Waals surface area contributed by atoms with E-state index in [-0.39, 0.29) is 0 Å². The van der Waals surface area contributed by atoms with Crippen LogP contribution in [-0.2, 0) is 0 Å². The Morgan fingerprint density at radius 2 is 1.97 bits per heavy atom. The smallest absolute Gasteiger partial charge is 0.157 e. The van der Waals surface area contributed by atoms with Crippen molar-refractivity contribution >= 4 is 33.8 Å². The summed E-state index contributed by atoms with van der Waals surface area (Å²) < 4.78 is 2.15. The number of pyridine rings is 1. The van der Waals surface area contributed by atoms with Crippen LogP contribution in [0.4, 0.5) is 5.82 Å². The number of aryl methyl sites for hydroxylation is 1. The molecule has 4 aromatic rings. The van der Waals surface area contributed by atoms with Gasteiger partial charge in [-0.1, -0.05) is 12.1 Å². The zero-order valence-electron chi connectivity index (χ0n) is 16.5. The first-order chi connectivity index (χ1) is 14.2. The maximum atomic E-state index is 9.70. The van der Waals surface area contributed by atoms with Crippen LogP contribution in [-0.4, -0.2) is 45.4 Å². The van der Waals surface area contributed by atoms with Crippen LogP contribution >= 0.6 is 11.3 Å². The number of hydrogen-bond donors (Lipinski definition) is 0. The summed E-state index contributed by atoms with van der Waals surface area (Å²) >= 11 is 1.72. The van der Waals surface area contributed by atoms with Crippen LogP contribution < -0.4 is 4.90 Å². The molecule has 0 aliphatic carbocycles. The highest BCUT2D eigenvalue weighted by Crippen LogP contribution is 2.30. The van der Waals surface area contributed by atoms with Gasteiger partial charge < -0.3 is 4.90 Å². The van der Waals surface area contributed by atoms with E-state index in [2.05, 4.69) is 44.3 Å². The Morgan fingerprint density at radius 3 is 2.69 bits per heavy atom. The predicted molar refractivity (Wildman–Crippen MR) is 116 cm³/mol. The Balaban J connectivity index is 1.52. The first-order valence-electron chi connectivity index (χ1n) is 9.86. The molecule has 1 aromatic carbocycles. The second-order valence-corrected chi connectivity index (χ2v) is 8.43. The number of anilines is 1. The predicted octanol–water partition coefficient (Wildman–Crippen LogP) is 4.01. The van der Waals surface area contributed by atoms with Crippen LogP contribution in [0, 0.1) is 18.3 Å². The molecule has 1 fully saturated rings. The van der Waals surface area contributed by atoms with E-state index in [4.69, 9.17) is 4.98 Å². The first-order valence-corrected chi connectivity index (χ1v) is 10.7. The largest absolute Gasteiger partial charge is 0.355 e. The summed E-state index contributed by atoms with van der Waals surface area (Å²) in [6.07, 6.45) is 1.88. The first kappa shape index (κ1) is 18.1. The van der Waals surface area contributed by atoms with Crippen LogP contribution in [0.2, 0.25) is 0 Å². The summed E-state index contributed by atoms with van der Waals surface area (Å²) in [6, 6.07) is 12.9. The van der Waals surface area contributed by atoms with Gasteiger partial charge in [0.15, 0.2) is 5.65 Å². The number of rotatable bonds is 3. The minimum atomic E-state index is 0.342. The average Bonchev–Trinajstić information content (AvgIpc) is 3.41. The molecule has 4 heterocycles. The summed E-state index contributed by atoms with van der Waals surface area (Å²) in [6.45, 7) is 8.07. The molecule has 1 aliphatic heterocycles. The highest BCUT2D eigenvalue weighted by atomic mass is 32.1. The zero-order valence-corrected chi connectivity index (χ0v) is 17.4. The number of hydrogen-bond acceptors (Lipinski definition) is 6. The number of imidazole rings is 1. The van der Waals surface area contributed by atoms with Crippen molar-refractivity contribution in [2.45, 2.75) is 19.9 Å². The van der Waals surface area contributed by atoms with Crippen molar-refractivity contribution in [2.24, 2.45) is 0 Å². The van der Waals surface area contributed by atoms with Crippen molar-refractivity contribution in [3.05, 3.63) is 58.0 Å². The molecular formula is C22H22N6S. The molecule has 1 atom stereocenters. The number of para-hydroxylation sites is 2. The van der Waals surface area contributed by atoms with E-state index < -0.39 is 0 Å². The van der Waals surface area contributed by atoms with Gasteiger partial charge >= 0.3 is 0 Å². The van der Waals surface area contributed by atoms with E-state index in [0.717, 1.165) is 54.2 Å². The lowest BCUT2D eigenvalue weighted by Gasteiger charge is -2.38. The van der Waals surface area contributed by atoms with Gasteiger partial charge in [-0.05, 0) is 37.6 Å². The summed E-state index contributed by atoms with van der Waals surface area (Å²) in [5, 5.41) is 12.9. The molecule has 3 aromatic heterocycles. The number of nitriles is 1. The molecule has 1 saturated heterocycles. The molecule has 5 rings (SSSR count). The molecule has 0 saturated carbocycles. The standard InChI is InChI=1S/C22H22N6S/c1-15-13-20(27-10-8-26(9-11-27)16(2)22-24-7-12-29-22)28-19-6-4-3-5-18(19)25-21(28)17(15)14-23/h3-7,12-13,16H,8-11H2,1-2H3. The van der Waals surface area contributed by atoms with Crippen molar-refractivity contribution in [3.8, 4) is 6.07 Å². The van der Waals surface area contributed by atoms with Gasteiger partial charge in [0, 0.05) is 37.8 Å². The fraction of sp³-hybridized carbons (Fsp3) is 0.318. The van der Waals surface area contributed by atoms with Crippen molar-refractivity contribution in [3.63, 3.8) is 0 Å². The number of benzene rings is 1. The summed E-state index contributed by atoms with van der Waals surface area (Å²) in [4.78, 5) is 14.2. The van der Waals surface area contributed by atoms with Gasteiger partial charge in [0.1, 0.15) is 16.9 Å². The van der Waals surface area contributed by atoms with E-state index >= 15 is 0 Å². The molecular weight excluding hydrogens is 380 g/mol. The van der Waals surface area contributed by atoms with E-state index in [0.29, 0.717) is 11.6 Å². The molecule has 0 N–H and O–H groups in total. The second-order valence-electron chi connectivity index (χ2n) is 7.50. The van der Waals surface area contributed by atoms with Crippen LogP contribution in [0.25, 0.3) is 16.7 Å². The number of thiazole rings is 1. The molecule has 29 heavy (non-hydrogen) atoms. The third-order valence-corrected chi connectivity index (χ3v) is 6.81. The van der Waals surface area contributed by atoms with Gasteiger partial charge in [-0.2, -0.15) is 5.26 Å². The van der Waals surface area contributed by atoms with Crippen molar-refractivity contribution < 1.29 is 0 Å². The summed E-state index contributed by atoms with van der Waals surface area (Å²) in [5.41, 5.74) is 4.35. The maximum absolute atomic E-state index is 9.70. The number of piperazine rings is 1. The third kappa shape index (κ3) is 2.96. The number of aromatic nitrogens is 3. The van der Waals surface area contributed by atoms with Gasteiger partial charge in [-0.3, -0.25) is 9.30 Å². The Morgan fingerprint density at radius 1 is 1.17 bits per heavy atom. The summed E-state index contributed by atoms with van der Waals surface area (Å²) in [7, 11) is 0. The van der Waals surface area contributed by atoms with Crippen molar-refractivity contribution in [1.82, 2.24) is 19.3 Å². The minimum absolute atomic E-state index is 0.342. The number of fused-ring (bicyclic) bond motifs is 3. The lowest BCUT2D eigenvalue weighted by Crippen LogP contribution is -2.47. The van der Waals surface area contributed by atoms with E-state index in [1.807, 2.05) is 36.7 Å². The monoisotopic (exact) mass is 402 g/mol. The van der Waals surface area contributed by atoms with Crippen LogP contribution in [0.15, 0.2) is 41.9 Å². The topological polar surface area (TPSA) is 60.5 Å². The molecule has 6 nitrogen and oxygen atoms in total. The zero-order chi connectivity index (χ0) is 20.0. The fourth-order valence-electron chi connectivity index (χ4n) is 4.24. The molecule has 1 aliphatic rings. The Labute approximate surface area is 173 Å². The average molecular weight is 403 g/mol. The lowest BCUT2D eigenvalue weighted by molar-refractivity contribution is 0.198. The van der Waals surface area contributed by atoms with E-state index in [1.165, 1.54) is 5.01 Å². The Bertz CT molecular complexity index is 1210. The molecule has 1 unspecified atom stereocenters. The molecule has 0 amide bonds. The highest BCUT2D eigenvalue weighted by molar-refractivity contribution is 7.09. The highest BCUT2D eigenvalue weighted by Gasteiger charge is 2.26. The second kappa shape index (κ2) is 7.14. The van der Waals surface area contributed by atoms with Gasteiger partial charge in [0.05, 0.1) is 22.6 Å². The van der Waals surface area contributed by atoms with Crippen LogP contribution in [0.1, 0.15) is 29.1 Å². The van der Waals surface area contributed by atoms with Crippen molar-refractivity contribution in [1.29, 1.82) is 5.26 Å². The van der Waals surface area contributed by atoms with E-state index in [1.54, 1.807) is 11.3 Å². The maximum Gasteiger partial charge on any atom is 0.157 e. The van der Waals surface area contributed by atoms with Crippen LogP contribution in [0.5, 0.6) is 0 Å². The Kier molecular flexibility index (Phi) is 4.46. The summed E-state index contributed by atoms with van der Waals surface area (Å²) in [5.74, 6) is 1.12. The van der Waals surface area contributed by atoms with Gasteiger partial charge in [0.25, 0.3) is 0 Å². The SMILES string of the molecule is Cc1cc(N2CCN(C(C)c3nccs3)CC2)n2c(nc3ccccc32)c1C#N. The van der Waals surface area contributed by atoms with Crippen molar-refractivity contribution in [2.75, 3.05) is 31.1 Å². The van der Waals surface area contributed by atoms with Gasteiger partial charge in [-0.15, -0.1) is 11.3 Å².